The zero-order valence-electron chi connectivity index (χ0n) is 14.2. The Kier molecular flexibility index (Phi) is 5.07. The van der Waals surface area contributed by atoms with E-state index in [1.165, 1.54) is 24.5 Å². The Morgan fingerprint density at radius 1 is 0.963 bits per heavy atom. The van der Waals surface area contributed by atoms with Crippen LogP contribution in [0.5, 0.6) is 0 Å². The normalized spacial score (nSPS) is 11.1. The highest BCUT2D eigenvalue weighted by Crippen LogP contribution is 2.30. The molecule has 0 saturated heterocycles. The van der Waals surface area contributed by atoms with Crippen LogP contribution in [0.3, 0.4) is 0 Å². The van der Waals surface area contributed by atoms with Crippen LogP contribution in [0.4, 0.5) is 30.5 Å². The van der Waals surface area contributed by atoms with Crippen LogP contribution in [0.25, 0.3) is 0 Å². The molecule has 138 valence electrons. The van der Waals surface area contributed by atoms with Gasteiger partial charge >= 0.3 is 6.18 Å². The lowest BCUT2D eigenvalue weighted by atomic mass is 10.2. The van der Waals surface area contributed by atoms with Gasteiger partial charge in [0.1, 0.15) is 0 Å². The van der Waals surface area contributed by atoms with Crippen LogP contribution < -0.4 is 10.6 Å². The molecule has 0 aliphatic rings. The number of hydrogen-bond acceptors (Lipinski definition) is 4. The van der Waals surface area contributed by atoms with Crippen molar-refractivity contribution in [2.75, 3.05) is 10.6 Å². The number of anilines is 3. The second kappa shape index (κ2) is 7.45. The highest BCUT2D eigenvalue weighted by Gasteiger charge is 2.29. The lowest BCUT2D eigenvalue weighted by molar-refractivity contribution is -0.137. The smallest absolute Gasteiger partial charge is 0.324 e. The Morgan fingerprint density at radius 3 is 2.19 bits per heavy atom. The number of aryl methyl sites for hydroxylation is 1. The van der Waals surface area contributed by atoms with Crippen molar-refractivity contribution >= 4 is 23.2 Å². The molecule has 1 amide bonds. The molecule has 0 radical (unpaired) electrons. The molecular weight excluding hydrogens is 357 g/mol. The van der Waals surface area contributed by atoms with Crippen molar-refractivity contribution in [3.63, 3.8) is 0 Å². The van der Waals surface area contributed by atoms with Gasteiger partial charge in [-0.15, -0.1) is 0 Å². The van der Waals surface area contributed by atoms with Gasteiger partial charge in [-0.1, -0.05) is 18.2 Å². The van der Waals surface area contributed by atoms with E-state index < -0.39 is 11.7 Å². The summed E-state index contributed by atoms with van der Waals surface area (Å²) in [6, 6.07) is 11.8. The van der Waals surface area contributed by atoms with E-state index in [4.69, 9.17) is 0 Å². The number of carbonyl (C=O) groups excluding carboxylic acids is 1. The van der Waals surface area contributed by atoms with Crippen molar-refractivity contribution in [2.24, 2.45) is 0 Å². The van der Waals surface area contributed by atoms with Crippen molar-refractivity contribution < 1.29 is 18.0 Å². The predicted molar refractivity (Wildman–Crippen MR) is 95.9 cm³/mol. The van der Waals surface area contributed by atoms with E-state index in [0.717, 1.165) is 17.7 Å². The number of rotatable bonds is 4. The number of benzene rings is 2. The molecule has 0 atom stereocenters. The molecular formula is C19H15F3N4O. The van der Waals surface area contributed by atoms with Crippen LogP contribution in [-0.4, -0.2) is 15.9 Å². The van der Waals surface area contributed by atoms with Gasteiger partial charge in [-0.05, 0) is 42.8 Å². The molecule has 2 N–H and O–H groups in total. The molecule has 1 heterocycles. The Hall–Kier alpha value is -3.42. The minimum atomic E-state index is -4.39. The van der Waals surface area contributed by atoms with Crippen LogP contribution in [-0.2, 0) is 6.18 Å². The number of hydrogen-bond donors (Lipinski definition) is 2. The van der Waals surface area contributed by atoms with Crippen LogP contribution in [0.2, 0.25) is 0 Å². The monoisotopic (exact) mass is 372 g/mol. The molecule has 0 saturated carbocycles. The molecule has 2 aromatic carbocycles. The summed E-state index contributed by atoms with van der Waals surface area (Å²) >= 11 is 0. The van der Waals surface area contributed by atoms with Crippen LogP contribution in [0, 0.1) is 6.92 Å². The SMILES string of the molecule is Cc1ccccc1NC(=O)c1cnc(Nc2ccc(C(F)(F)F)cc2)nc1. The van der Waals surface area contributed by atoms with Crippen LogP contribution in [0.15, 0.2) is 60.9 Å². The molecule has 0 spiro atoms. The fraction of sp³-hybridized carbons (Fsp3) is 0.105. The first kappa shape index (κ1) is 18.4. The van der Waals surface area contributed by atoms with E-state index in [2.05, 4.69) is 20.6 Å². The minimum absolute atomic E-state index is 0.169. The van der Waals surface area contributed by atoms with Gasteiger partial charge in [-0.3, -0.25) is 4.79 Å². The van der Waals surface area contributed by atoms with E-state index >= 15 is 0 Å². The van der Waals surface area contributed by atoms with Crippen molar-refractivity contribution in [2.45, 2.75) is 13.1 Å². The second-order valence-corrected chi connectivity index (χ2v) is 5.76. The fourth-order valence-electron chi connectivity index (χ4n) is 2.29. The van der Waals surface area contributed by atoms with E-state index in [0.29, 0.717) is 11.4 Å². The summed E-state index contributed by atoms with van der Waals surface area (Å²) in [7, 11) is 0. The van der Waals surface area contributed by atoms with Crippen LogP contribution in [0.1, 0.15) is 21.5 Å². The first-order valence-corrected chi connectivity index (χ1v) is 7.96. The quantitative estimate of drug-likeness (QED) is 0.690. The van der Waals surface area contributed by atoms with Gasteiger partial charge in [0.05, 0.1) is 11.1 Å². The number of nitrogens with zero attached hydrogens (tertiary/aromatic N) is 2. The highest BCUT2D eigenvalue weighted by atomic mass is 19.4. The zero-order chi connectivity index (χ0) is 19.4. The molecule has 1 aromatic heterocycles. The summed E-state index contributed by atoms with van der Waals surface area (Å²) in [5, 5.41) is 5.56. The van der Waals surface area contributed by atoms with E-state index in [-0.39, 0.29) is 17.4 Å². The Bertz CT molecular complexity index is 938. The third kappa shape index (κ3) is 4.60. The zero-order valence-corrected chi connectivity index (χ0v) is 14.2. The number of nitrogens with one attached hydrogen (secondary N) is 2. The highest BCUT2D eigenvalue weighted by molar-refractivity contribution is 6.04. The van der Waals surface area contributed by atoms with Crippen LogP contribution >= 0.6 is 0 Å². The largest absolute Gasteiger partial charge is 0.416 e. The number of carbonyl (C=O) groups is 1. The van der Waals surface area contributed by atoms with Gasteiger partial charge in [-0.25, -0.2) is 9.97 Å². The molecule has 5 nitrogen and oxygen atoms in total. The number of alkyl halides is 3. The molecule has 3 aromatic rings. The molecule has 3 rings (SSSR count). The summed E-state index contributed by atoms with van der Waals surface area (Å²) in [6.45, 7) is 1.88. The van der Waals surface area contributed by atoms with Gasteiger partial charge in [0.2, 0.25) is 5.95 Å². The topological polar surface area (TPSA) is 66.9 Å². The lowest BCUT2D eigenvalue weighted by Gasteiger charge is -2.09. The van der Waals surface area contributed by atoms with E-state index in [1.807, 2.05) is 25.1 Å². The molecule has 0 aliphatic carbocycles. The molecule has 27 heavy (non-hydrogen) atoms. The van der Waals surface area contributed by atoms with Gasteiger partial charge in [0.15, 0.2) is 0 Å². The number of para-hydroxylation sites is 1. The van der Waals surface area contributed by atoms with Crippen molar-refractivity contribution in [1.29, 1.82) is 0 Å². The molecule has 0 aliphatic heterocycles. The maximum atomic E-state index is 12.6. The Balaban J connectivity index is 1.66. The number of aromatic nitrogens is 2. The summed E-state index contributed by atoms with van der Waals surface area (Å²) in [5.41, 5.74) is 1.54. The molecule has 0 unspecified atom stereocenters. The lowest BCUT2D eigenvalue weighted by Crippen LogP contribution is -2.13. The maximum absolute atomic E-state index is 12.6. The maximum Gasteiger partial charge on any atom is 0.416 e. The predicted octanol–water partition coefficient (Wildman–Crippen LogP) is 4.80. The third-order valence-corrected chi connectivity index (χ3v) is 3.78. The van der Waals surface area contributed by atoms with Crippen molar-refractivity contribution in [3.05, 3.63) is 77.6 Å². The first-order valence-electron chi connectivity index (χ1n) is 7.96. The second-order valence-electron chi connectivity index (χ2n) is 5.76. The molecule has 0 fully saturated rings. The number of amides is 1. The van der Waals surface area contributed by atoms with E-state index in [1.54, 1.807) is 6.07 Å². The minimum Gasteiger partial charge on any atom is -0.324 e. The fourth-order valence-corrected chi connectivity index (χ4v) is 2.29. The molecule has 8 heteroatoms. The van der Waals surface area contributed by atoms with Crippen molar-refractivity contribution in [3.8, 4) is 0 Å². The van der Waals surface area contributed by atoms with Crippen molar-refractivity contribution in [1.82, 2.24) is 9.97 Å². The van der Waals surface area contributed by atoms with Gasteiger partial charge in [0, 0.05) is 23.8 Å². The summed E-state index contributed by atoms with van der Waals surface area (Å²) in [4.78, 5) is 20.3. The Morgan fingerprint density at radius 2 is 1.59 bits per heavy atom. The summed E-state index contributed by atoms with van der Waals surface area (Å²) in [6.07, 6.45) is -1.71. The standard InChI is InChI=1S/C19H15F3N4O/c1-12-4-2-3-5-16(12)26-17(27)13-10-23-18(24-11-13)25-15-8-6-14(7-9-15)19(20,21)22/h2-11H,1H3,(H,26,27)(H,23,24,25). The van der Waals surface area contributed by atoms with Gasteiger partial charge in [-0.2, -0.15) is 13.2 Å². The third-order valence-electron chi connectivity index (χ3n) is 3.78. The average Bonchev–Trinajstić information content (AvgIpc) is 2.64. The summed E-state index contributed by atoms with van der Waals surface area (Å²) < 4.78 is 37.7. The number of halogens is 3. The van der Waals surface area contributed by atoms with Gasteiger partial charge in [0.25, 0.3) is 5.91 Å². The van der Waals surface area contributed by atoms with E-state index in [9.17, 15) is 18.0 Å². The average molecular weight is 372 g/mol. The first-order chi connectivity index (χ1) is 12.8. The Labute approximate surface area is 153 Å². The van der Waals surface area contributed by atoms with Gasteiger partial charge < -0.3 is 10.6 Å². The molecule has 0 bridgehead atoms. The summed E-state index contributed by atoms with van der Waals surface area (Å²) in [5.74, 6) is -0.187.